The molecule has 3 nitrogen and oxygen atoms in total. The van der Waals surface area contributed by atoms with E-state index in [4.69, 9.17) is 4.74 Å². The van der Waals surface area contributed by atoms with E-state index in [1.807, 2.05) is 31.2 Å². The second kappa shape index (κ2) is 7.35. The fourth-order valence-electron chi connectivity index (χ4n) is 1.88. The normalized spacial score (nSPS) is 11.8. The molecule has 0 saturated carbocycles. The van der Waals surface area contributed by atoms with Gasteiger partial charge in [0.1, 0.15) is 5.82 Å². The molecule has 0 aliphatic rings. The maximum atomic E-state index is 13.4. The Balaban J connectivity index is 1.90. The van der Waals surface area contributed by atoms with Gasteiger partial charge in [-0.3, -0.25) is 4.79 Å². The SMILES string of the molecule is CC(NC(=O)COc1ccc(F)cc1F)c1cccc(Br)c1. The second-order valence-electron chi connectivity index (χ2n) is 4.71. The Labute approximate surface area is 135 Å². The lowest BCUT2D eigenvalue weighted by atomic mass is 10.1. The van der Waals surface area contributed by atoms with Crippen molar-refractivity contribution in [1.82, 2.24) is 5.32 Å². The van der Waals surface area contributed by atoms with Crippen molar-refractivity contribution < 1.29 is 18.3 Å². The summed E-state index contributed by atoms with van der Waals surface area (Å²) < 4.78 is 32.1. The summed E-state index contributed by atoms with van der Waals surface area (Å²) in [7, 11) is 0. The molecule has 116 valence electrons. The first-order valence-corrected chi connectivity index (χ1v) is 7.37. The average molecular weight is 370 g/mol. The Morgan fingerprint density at radius 2 is 2.05 bits per heavy atom. The van der Waals surface area contributed by atoms with Gasteiger partial charge in [-0.1, -0.05) is 28.1 Å². The molecule has 0 fully saturated rings. The Bertz CT molecular complexity index is 679. The standard InChI is InChI=1S/C16H14BrF2NO2/c1-10(11-3-2-4-12(17)7-11)20-16(21)9-22-15-6-5-13(18)8-14(15)19/h2-8,10H,9H2,1H3,(H,20,21). The molecule has 0 spiro atoms. The maximum absolute atomic E-state index is 13.4. The number of ether oxygens (including phenoxy) is 1. The lowest BCUT2D eigenvalue weighted by molar-refractivity contribution is -0.123. The molecule has 0 aliphatic carbocycles. The molecule has 1 N–H and O–H groups in total. The zero-order chi connectivity index (χ0) is 16.1. The zero-order valence-electron chi connectivity index (χ0n) is 11.8. The molecule has 1 unspecified atom stereocenters. The highest BCUT2D eigenvalue weighted by Gasteiger charge is 2.12. The van der Waals surface area contributed by atoms with Gasteiger partial charge >= 0.3 is 0 Å². The van der Waals surface area contributed by atoms with Gasteiger partial charge in [-0.05, 0) is 36.8 Å². The molecule has 22 heavy (non-hydrogen) atoms. The summed E-state index contributed by atoms with van der Waals surface area (Å²) in [6.45, 7) is 1.49. The van der Waals surface area contributed by atoms with Gasteiger partial charge in [-0.15, -0.1) is 0 Å². The number of hydrogen-bond donors (Lipinski definition) is 1. The monoisotopic (exact) mass is 369 g/mol. The quantitative estimate of drug-likeness (QED) is 0.865. The van der Waals surface area contributed by atoms with E-state index in [1.54, 1.807) is 0 Å². The second-order valence-corrected chi connectivity index (χ2v) is 5.62. The van der Waals surface area contributed by atoms with Crippen molar-refractivity contribution in [3.63, 3.8) is 0 Å². The van der Waals surface area contributed by atoms with Gasteiger partial charge in [0.05, 0.1) is 6.04 Å². The van der Waals surface area contributed by atoms with E-state index < -0.39 is 17.5 Å². The minimum atomic E-state index is -0.840. The smallest absolute Gasteiger partial charge is 0.258 e. The number of amides is 1. The van der Waals surface area contributed by atoms with Crippen LogP contribution >= 0.6 is 15.9 Å². The van der Waals surface area contributed by atoms with Crippen LogP contribution in [0, 0.1) is 11.6 Å². The number of hydrogen-bond acceptors (Lipinski definition) is 2. The van der Waals surface area contributed by atoms with Crippen molar-refractivity contribution in [2.24, 2.45) is 0 Å². The highest BCUT2D eigenvalue weighted by molar-refractivity contribution is 9.10. The van der Waals surface area contributed by atoms with Crippen LogP contribution in [0.4, 0.5) is 8.78 Å². The summed E-state index contributed by atoms with van der Waals surface area (Å²) >= 11 is 3.36. The largest absolute Gasteiger partial charge is 0.481 e. The number of benzene rings is 2. The summed E-state index contributed by atoms with van der Waals surface area (Å²) in [4.78, 5) is 11.8. The van der Waals surface area contributed by atoms with Gasteiger partial charge in [0.25, 0.3) is 5.91 Å². The van der Waals surface area contributed by atoms with E-state index in [0.29, 0.717) is 6.07 Å². The van der Waals surface area contributed by atoms with Crippen molar-refractivity contribution in [3.8, 4) is 5.75 Å². The molecule has 1 atom stereocenters. The number of carbonyl (C=O) groups excluding carboxylic acids is 1. The van der Waals surface area contributed by atoms with Gasteiger partial charge in [-0.2, -0.15) is 0 Å². The lowest BCUT2D eigenvalue weighted by Gasteiger charge is -2.15. The van der Waals surface area contributed by atoms with Gasteiger partial charge < -0.3 is 10.1 Å². The summed E-state index contributed by atoms with van der Waals surface area (Å²) in [5.41, 5.74) is 0.927. The lowest BCUT2D eigenvalue weighted by Crippen LogP contribution is -2.31. The van der Waals surface area contributed by atoms with Crippen LogP contribution < -0.4 is 10.1 Å². The number of nitrogens with one attached hydrogen (secondary N) is 1. The Hall–Kier alpha value is -1.95. The van der Waals surface area contributed by atoms with Gasteiger partial charge in [0.2, 0.25) is 0 Å². The first-order chi connectivity index (χ1) is 10.5. The van der Waals surface area contributed by atoms with Crippen molar-refractivity contribution >= 4 is 21.8 Å². The molecule has 2 aromatic rings. The molecule has 2 aromatic carbocycles. The van der Waals surface area contributed by atoms with Crippen LogP contribution in [0.3, 0.4) is 0 Å². The van der Waals surface area contributed by atoms with Crippen molar-refractivity contribution in [2.45, 2.75) is 13.0 Å². The molecule has 2 rings (SSSR count). The van der Waals surface area contributed by atoms with Gasteiger partial charge in [-0.25, -0.2) is 8.78 Å². The predicted octanol–water partition coefficient (Wildman–Crippen LogP) is 3.98. The minimum absolute atomic E-state index is 0.161. The van der Waals surface area contributed by atoms with E-state index in [9.17, 15) is 13.6 Å². The Morgan fingerprint density at radius 1 is 1.27 bits per heavy atom. The first-order valence-electron chi connectivity index (χ1n) is 6.58. The molecule has 0 saturated heterocycles. The van der Waals surface area contributed by atoms with E-state index in [-0.39, 0.29) is 18.4 Å². The van der Waals surface area contributed by atoms with E-state index in [2.05, 4.69) is 21.2 Å². The number of rotatable bonds is 5. The van der Waals surface area contributed by atoms with Crippen molar-refractivity contribution in [2.75, 3.05) is 6.61 Å². The molecular weight excluding hydrogens is 356 g/mol. The molecule has 0 aliphatic heterocycles. The highest BCUT2D eigenvalue weighted by atomic mass is 79.9. The van der Waals surface area contributed by atoms with E-state index in [0.717, 1.165) is 22.2 Å². The Morgan fingerprint density at radius 3 is 2.73 bits per heavy atom. The molecule has 0 bridgehead atoms. The van der Waals surface area contributed by atoms with Crippen LogP contribution in [0.15, 0.2) is 46.9 Å². The van der Waals surface area contributed by atoms with E-state index >= 15 is 0 Å². The summed E-state index contributed by atoms with van der Waals surface area (Å²) in [5.74, 6) is -2.09. The highest BCUT2D eigenvalue weighted by Crippen LogP contribution is 2.19. The van der Waals surface area contributed by atoms with Crippen LogP contribution in [0.5, 0.6) is 5.75 Å². The van der Waals surface area contributed by atoms with Crippen LogP contribution in [0.25, 0.3) is 0 Å². The molecule has 6 heteroatoms. The van der Waals surface area contributed by atoms with Crippen LogP contribution in [-0.4, -0.2) is 12.5 Å². The number of carbonyl (C=O) groups is 1. The summed E-state index contributed by atoms with van der Waals surface area (Å²) in [6, 6.07) is 10.2. The summed E-state index contributed by atoms with van der Waals surface area (Å²) in [6.07, 6.45) is 0. The third-order valence-electron chi connectivity index (χ3n) is 2.98. The minimum Gasteiger partial charge on any atom is -0.481 e. The number of halogens is 3. The van der Waals surface area contributed by atoms with Crippen molar-refractivity contribution in [1.29, 1.82) is 0 Å². The van der Waals surface area contributed by atoms with Crippen LogP contribution in [-0.2, 0) is 4.79 Å². The van der Waals surface area contributed by atoms with Gasteiger partial charge in [0.15, 0.2) is 18.2 Å². The molecule has 0 radical (unpaired) electrons. The topological polar surface area (TPSA) is 38.3 Å². The third-order valence-corrected chi connectivity index (χ3v) is 3.47. The van der Waals surface area contributed by atoms with Gasteiger partial charge in [0, 0.05) is 10.5 Å². The first kappa shape index (κ1) is 16.4. The maximum Gasteiger partial charge on any atom is 0.258 e. The third kappa shape index (κ3) is 4.53. The average Bonchev–Trinajstić information content (AvgIpc) is 2.46. The van der Waals surface area contributed by atoms with Crippen molar-refractivity contribution in [3.05, 3.63) is 64.1 Å². The zero-order valence-corrected chi connectivity index (χ0v) is 13.4. The van der Waals surface area contributed by atoms with Crippen LogP contribution in [0.2, 0.25) is 0 Å². The molecular formula is C16H14BrF2NO2. The van der Waals surface area contributed by atoms with Crippen LogP contribution in [0.1, 0.15) is 18.5 Å². The summed E-state index contributed by atoms with van der Waals surface area (Å²) in [5, 5.41) is 2.74. The fourth-order valence-corrected chi connectivity index (χ4v) is 2.29. The molecule has 0 aromatic heterocycles. The predicted molar refractivity (Wildman–Crippen MR) is 82.6 cm³/mol. The fraction of sp³-hybridized carbons (Fsp3) is 0.188. The van der Waals surface area contributed by atoms with E-state index in [1.165, 1.54) is 0 Å². The Kier molecular flexibility index (Phi) is 5.49. The molecule has 1 amide bonds. The molecule has 0 heterocycles.